The molecule has 2 heterocycles. The highest BCUT2D eigenvalue weighted by atomic mass is 16.6. The maximum atomic E-state index is 12.2. The van der Waals surface area contributed by atoms with Gasteiger partial charge in [-0.05, 0) is 33.3 Å². The lowest BCUT2D eigenvalue weighted by molar-refractivity contribution is 0.0261. The van der Waals surface area contributed by atoms with Gasteiger partial charge in [0.25, 0.3) is 0 Å². The third kappa shape index (κ3) is 4.67. The number of carbonyl (C=O) groups is 2. The quantitative estimate of drug-likeness (QED) is 0.834. The van der Waals surface area contributed by atoms with E-state index in [0.29, 0.717) is 31.7 Å². The maximum Gasteiger partial charge on any atom is 0.410 e. The second-order valence-corrected chi connectivity index (χ2v) is 6.70. The molecule has 0 radical (unpaired) electrons. The molecule has 0 saturated carbocycles. The first-order chi connectivity index (χ1) is 11.3. The lowest BCUT2D eigenvalue weighted by Gasteiger charge is -2.26. The zero-order valence-electron chi connectivity index (χ0n) is 14.7. The van der Waals surface area contributed by atoms with Gasteiger partial charge in [0.2, 0.25) is 0 Å². The van der Waals surface area contributed by atoms with E-state index in [2.05, 4.69) is 10.3 Å². The minimum atomic E-state index is -0.516. The molecule has 1 aliphatic rings. The van der Waals surface area contributed by atoms with Crippen LogP contribution >= 0.6 is 0 Å². The summed E-state index contributed by atoms with van der Waals surface area (Å²) in [6.07, 6.45) is 1.92. The zero-order chi connectivity index (χ0) is 17.7. The van der Waals surface area contributed by atoms with Crippen molar-refractivity contribution in [1.82, 2.24) is 15.2 Å². The Morgan fingerprint density at radius 1 is 1.33 bits per heavy atom. The topological polar surface area (TPSA) is 80.8 Å². The molecule has 7 heteroatoms. The first kappa shape index (κ1) is 18.2. The lowest BCUT2D eigenvalue weighted by Crippen LogP contribution is -2.38. The number of nitrogens with zero attached hydrogens (tertiary/aromatic N) is 2. The van der Waals surface area contributed by atoms with Gasteiger partial charge in [0.1, 0.15) is 5.60 Å². The van der Waals surface area contributed by atoms with Gasteiger partial charge in [0, 0.05) is 37.4 Å². The predicted molar refractivity (Wildman–Crippen MR) is 88.7 cm³/mol. The van der Waals surface area contributed by atoms with Crippen LogP contribution in [0.3, 0.4) is 0 Å². The Morgan fingerprint density at radius 3 is 2.75 bits per heavy atom. The minimum Gasteiger partial charge on any atom is -0.464 e. The Hall–Kier alpha value is -2.15. The third-order valence-corrected chi connectivity index (χ3v) is 3.70. The highest BCUT2D eigenvalue weighted by molar-refractivity contribution is 5.88. The van der Waals surface area contributed by atoms with Crippen molar-refractivity contribution >= 4 is 12.1 Å². The van der Waals surface area contributed by atoms with Gasteiger partial charge in [-0.2, -0.15) is 0 Å². The third-order valence-electron chi connectivity index (χ3n) is 3.70. The number of pyridine rings is 1. The van der Waals surface area contributed by atoms with Crippen LogP contribution < -0.4 is 5.32 Å². The molecule has 1 atom stereocenters. The molecule has 0 spiro atoms. The summed E-state index contributed by atoms with van der Waals surface area (Å²) in [5.74, 6) is -0.458. The number of aromatic nitrogens is 1. The van der Waals surface area contributed by atoms with Crippen LogP contribution in [0, 0.1) is 0 Å². The maximum absolute atomic E-state index is 12.2. The highest BCUT2D eigenvalue weighted by Crippen LogP contribution is 2.23. The van der Waals surface area contributed by atoms with Gasteiger partial charge < -0.3 is 19.7 Å². The molecule has 2 rings (SSSR count). The number of methoxy groups -OCH3 is 1. The van der Waals surface area contributed by atoms with Crippen molar-refractivity contribution in [2.75, 3.05) is 26.7 Å². The summed E-state index contributed by atoms with van der Waals surface area (Å²) in [4.78, 5) is 29.9. The van der Waals surface area contributed by atoms with Crippen LogP contribution in [0.25, 0.3) is 0 Å². The Bertz CT molecular complexity index is 598. The van der Waals surface area contributed by atoms with E-state index in [1.54, 1.807) is 17.2 Å². The van der Waals surface area contributed by atoms with E-state index >= 15 is 0 Å². The molecule has 1 unspecified atom stereocenters. The summed E-state index contributed by atoms with van der Waals surface area (Å²) in [6, 6.07) is 3.58. The SMILES string of the molecule is COC(=O)c1ncccc1C1CCN(C(=O)OC(C)(C)C)CCN1. The van der Waals surface area contributed by atoms with Gasteiger partial charge >= 0.3 is 12.1 Å². The van der Waals surface area contributed by atoms with E-state index < -0.39 is 11.6 Å². The molecule has 132 valence electrons. The van der Waals surface area contributed by atoms with Crippen molar-refractivity contribution in [3.8, 4) is 0 Å². The van der Waals surface area contributed by atoms with Crippen molar-refractivity contribution in [1.29, 1.82) is 0 Å². The van der Waals surface area contributed by atoms with Crippen LogP contribution in [-0.4, -0.2) is 54.3 Å². The largest absolute Gasteiger partial charge is 0.464 e. The van der Waals surface area contributed by atoms with Crippen molar-refractivity contribution in [3.05, 3.63) is 29.6 Å². The van der Waals surface area contributed by atoms with E-state index in [9.17, 15) is 9.59 Å². The second kappa shape index (κ2) is 7.61. The lowest BCUT2D eigenvalue weighted by atomic mass is 10.0. The van der Waals surface area contributed by atoms with Crippen LogP contribution in [0.1, 0.15) is 49.3 Å². The summed E-state index contributed by atoms with van der Waals surface area (Å²) in [5.41, 5.74) is 0.580. The van der Waals surface area contributed by atoms with E-state index in [-0.39, 0.29) is 12.1 Å². The molecule has 1 fully saturated rings. The molecule has 0 bridgehead atoms. The van der Waals surface area contributed by atoms with Gasteiger partial charge in [0.05, 0.1) is 7.11 Å². The fourth-order valence-electron chi connectivity index (χ4n) is 2.61. The molecule has 1 saturated heterocycles. The van der Waals surface area contributed by atoms with E-state index in [0.717, 1.165) is 5.56 Å². The molecule has 1 N–H and O–H groups in total. The number of esters is 1. The number of nitrogens with one attached hydrogen (secondary N) is 1. The van der Waals surface area contributed by atoms with Gasteiger partial charge in [0.15, 0.2) is 5.69 Å². The number of carbonyl (C=O) groups excluding carboxylic acids is 2. The molecule has 1 aliphatic heterocycles. The molecule has 24 heavy (non-hydrogen) atoms. The summed E-state index contributed by atoms with van der Waals surface area (Å²) >= 11 is 0. The van der Waals surface area contributed by atoms with E-state index in [1.807, 2.05) is 26.8 Å². The second-order valence-electron chi connectivity index (χ2n) is 6.70. The highest BCUT2D eigenvalue weighted by Gasteiger charge is 2.27. The summed E-state index contributed by atoms with van der Waals surface area (Å²) in [6.45, 7) is 7.26. The molecular weight excluding hydrogens is 310 g/mol. The van der Waals surface area contributed by atoms with Crippen molar-refractivity contribution in [2.24, 2.45) is 0 Å². The predicted octanol–water partition coefficient (Wildman–Crippen LogP) is 2.14. The minimum absolute atomic E-state index is 0.0692. The fraction of sp³-hybridized carbons (Fsp3) is 0.588. The summed E-state index contributed by atoms with van der Waals surface area (Å²) in [5, 5.41) is 3.37. The van der Waals surface area contributed by atoms with Gasteiger partial charge in [-0.25, -0.2) is 14.6 Å². The first-order valence-corrected chi connectivity index (χ1v) is 8.06. The fourth-order valence-corrected chi connectivity index (χ4v) is 2.61. The molecule has 1 aromatic heterocycles. The number of rotatable bonds is 2. The molecule has 1 aromatic rings. The normalized spacial score (nSPS) is 18.7. The van der Waals surface area contributed by atoms with Crippen LogP contribution in [0.2, 0.25) is 0 Å². The van der Waals surface area contributed by atoms with Gasteiger partial charge in [-0.15, -0.1) is 0 Å². The van der Waals surface area contributed by atoms with E-state index in [4.69, 9.17) is 9.47 Å². The van der Waals surface area contributed by atoms with Crippen molar-refractivity contribution < 1.29 is 19.1 Å². The monoisotopic (exact) mass is 335 g/mol. The smallest absolute Gasteiger partial charge is 0.410 e. The Morgan fingerprint density at radius 2 is 2.08 bits per heavy atom. The Balaban J connectivity index is 2.09. The van der Waals surface area contributed by atoms with Crippen LogP contribution in [0.4, 0.5) is 4.79 Å². The Labute approximate surface area is 142 Å². The van der Waals surface area contributed by atoms with Crippen molar-refractivity contribution in [2.45, 2.75) is 38.8 Å². The average molecular weight is 335 g/mol. The summed E-state index contributed by atoms with van der Waals surface area (Å²) < 4.78 is 10.2. The standard InChI is InChI=1S/C17H25N3O4/c1-17(2,3)24-16(22)20-10-7-13(18-9-11-20)12-6-5-8-19-14(12)15(21)23-4/h5-6,8,13,18H,7,9-11H2,1-4H3. The molecule has 0 aromatic carbocycles. The van der Waals surface area contributed by atoms with Crippen molar-refractivity contribution in [3.63, 3.8) is 0 Å². The van der Waals surface area contributed by atoms with Gasteiger partial charge in [-0.1, -0.05) is 6.07 Å². The summed E-state index contributed by atoms with van der Waals surface area (Å²) in [7, 11) is 1.34. The average Bonchev–Trinajstić information content (AvgIpc) is 2.78. The number of hydrogen-bond acceptors (Lipinski definition) is 6. The first-order valence-electron chi connectivity index (χ1n) is 8.06. The molecular formula is C17H25N3O4. The van der Waals surface area contributed by atoms with Crippen LogP contribution in [0.5, 0.6) is 0 Å². The van der Waals surface area contributed by atoms with E-state index in [1.165, 1.54) is 7.11 Å². The number of hydrogen-bond donors (Lipinski definition) is 1. The Kier molecular flexibility index (Phi) is 5.77. The van der Waals surface area contributed by atoms with Gasteiger partial charge in [-0.3, -0.25) is 0 Å². The molecule has 7 nitrogen and oxygen atoms in total. The molecule has 1 amide bonds. The van der Waals surface area contributed by atoms with Crippen LogP contribution in [0.15, 0.2) is 18.3 Å². The van der Waals surface area contributed by atoms with Crippen LogP contribution in [-0.2, 0) is 9.47 Å². The zero-order valence-corrected chi connectivity index (χ0v) is 14.7. The number of ether oxygens (including phenoxy) is 2. The molecule has 0 aliphatic carbocycles. The number of amides is 1.